The van der Waals surface area contributed by atoms with E-state index in [0.717, 1.165) is 0 Å². The van der Waals surface area contributed by atoms with Crippen LogP contribution in [-0.4, -0.2) is 45.9 Å². The average molecular weight is 248 g/mol. The van der Waals surface area contributed by atoms with Crippen molar-refractivity contribution in [3.05, 3.63) is 0 Å². The molecule has 0 bridgehead atoms. The molecule has 17 heavy (non-hydrogen) atoms. The fourth-order valence-corrected chi connectivity index (χ4v) is 0.875. The zero-order valence-corrected chi connectivity index (χ0v) is 9.76. The van der Waals surface area contributed by atoms with Crippen LogP contribution in [0.4, 0.5) is 4.79 Å². The maximum absolute atomic E-state index is 11.2. The van der Waals surface area contributed by atoms with E-state index < -0.39 is 35.7 Å². The van der Waals surface area contributed by atoms with Crippen LogP contribution in [0.5, 0.6) is 0 Å². The highest BCUT2D eigenvalue weighted by Crippen LogP contribution is 2.07. The van der Waals surface area contributed by atoms with Crippen LogP contribution in [0.15, 0.2) is 0 Å². The van der Waals surface area contributed by atoms with Gasteiger partial charge in [-0.2, -0.15) is 0 Å². The summed E-state index contributed by atoms with van der Waals surface area (Å²) in [5, 5.41) is 19.7. The normalized spacial score (nSPS) is 14.6. The van der Waals surface area contributed by atoms with E-state index in [-0.39, 0.29) is 0 Å². The van der Waals surface area contributed by atoms with Gasteiger partial charge in [0.25, 0.3) is 0 Å². The minimum Gasteiger partial charge on any atom is -0.480 e. The number of ether oxygens (including phenoxy) is 1. The highest BCUT2D eigenvalue weighted by atomic mass is 16.6. The number of carboxylic acids is 1. The SMILES string of the molecule is CC(C)(C)OC(=O)N[C@H](C(=O)O)[C@H](O)C(N)=O. The molecule has 0 unspecified atom stereocenters. The number of primary amides is 1. The number of hydrogen-bond donors (Lipinski definition) is 4. The molecule has 8 heteroatoms. The molecule has 0 aromatic carbocycles. The van der Waals surface area contributed by atoms with Gasteiger partial charge in [0.2, 0.25) is 5.91 Å². The fraction of sp³-hybridized carbons (Fsp3) is 0.667. The molecule has 0 rings (SSSR count). The largest absolute Gasteiger partial charge is 0.480 e. The van der Waals surface area contributed by atoms with Gasteiger partial charge in [-0.25, -0.2) is 9.59 Å². The van der Waals surface area contributed by atoms with E-state index in [4.69, 9.17) is 15.6 Å². The van der Waals surface area contributed by atoms with Crippen LogP contribution in [0.2, 0.25) is 0 Å². The summed E-state index contributed by atoms with van der Waals surface area (Å²) in [4.78, 5) is 32.6. The maximum atomic E-state index is 11.2. The number of carbonyl (C=O) groups excluding carboxylic acids is 2. The number of amides is 2. The molecule has 0 aromatic heterocycles. The average Bonchev–Trinajstić information content (AvgIpc) is 2.09. The molecule has 5 N–H and O–H groups in total. The number of nitrogens with two attached hydrogens (primary N) is 1. The summed E-state index contributed by atoms with van der Waals surface area (Å²) in [6, 6.07) is -1.85. The highest BCUT2D eigenvalue weighted by molar-refractivity contribution is 5.89. The number of hydrogen-bond acceptors (Lipinski definition) is 5. The lowest BCUT2D eigenvalue weighted by Gasteiger charge is -2.23. The number of aliphatic hydroxyl groups excluding tert-OH is 1. The van der Waals surface area contributed by atoms with E-state index in [9.17, 15) is 19.5 Å². The summed E-state index contributed by atoms with van der Waals surface area (Å²) in [6.07, 6.45) is -3.09. The molecule has 0 heterocycles. The number of alkyl carbamates (subject to hydrolysis) is 1. The van der Waals surface area contributed by atoms with Crippen molar-refractivity contribution in [2.45, 2.75) is 38.5 Å². The van der Waals surface area contributed by atoms with Gasteiger partial charge in [-0.3, -0.25) is 4.79 Å². The molecule has 8 nitrogen and oxygen atoms in total. The Kier molecular flexibility index (Phi) is 4.89. The molecule has 0 saturated carbocycles. The standard InChI is InChI=1S/C9H16N2O6/c1-9(2,3)17-8(16)11-4(7(14)15)5(12)6(10)13/h4-5,12H,1-3H3,(H2,10,13)(H,11,16)(H,14,15)/t4-,5-/m0/s1. The summed E-state index contributed by atoms with van der Waals surface area (Å²) < 4.78 is 4.77. The Labute approximate surface area is 97.7 Å². The van der Waals surface area contributed by atoms with Crippen molar-refractivity contribution < 1.29 is 29.3 Å². The van der Waals surface area contributed by atoms with E-state index in [0.29, 0.717) is 0 Å². The second-order valence-corrected chi connectivity index (χ2v) is 4.31. The van der Waals surface area contributed by atoms with Crippen molar-refractivity contribution >= 4 is 18.0 Å². The summed E-state index contributed by atoms with van der Waals surface area (Å²) in [6.45, 7) is 4.73. The fourth-order valence-electron chi connectivity index (χ4n) is 0.875. The molecule has 0 saturated heterocycles. The number of rotatable bonds is 4. The molecular formula is C9H16N2O6. The molecule has 2 amide bonds. The first-order chi connectivity index (χ1) is 7.54. The Balaban J connectivity index is 4.62. The van der Waals surface area contributed by atoms with Crippen molar-refractivity contribution in [1.29, 1.82) is 0 Å². The monoisotopic (exact) mass is 248 g/mol. The zero-order valence-electron chi connectivity index (χ0n) is 9.76. The molecule has 98 valence electrons. The van der Waals surface area contributed by atoms with Crippen LogP contribution >= 0.6 is 0 Å². The van der Waals surface area contributed by atoms with Gasteiger partial charge < -0.3 is 26.0 Å². The second kappa shape index (κ2) is 5.48. The van der Waals surface area contributed by atoms with Crippen molar-refractivity contribution in [2.24, 2.45) is 5.73 Å². The maximum Gasteiger partial charge on any atom is 0.408 e. The number of carbonyl (C=O) groups is 3. The lowest BCUT2D eigenvalue weighted by Crippen LogP contribution is -2.54. The van der Waals surface area contributed by atoms with E-state index >= 15 is 0 Å². The third-order valence-corrected chi connectivity index (χ3v) is 1.55. The van der Waals surface area contributed by atoms with E-state index in [1.165, 1.54) is 0 Å². The van der Waals surface area contributed by atoms with Gasteiger partial charge in [0, 0.05) is 0 Å². The lowest BCUT2D eigenvalue weighted by atomic mass is 10.1. The predicted octanol–water partition coefficient (Wildman–Crippen LogP) is -1.19. The summed E-state index contributed by atoms with van der Waals surface area (Å²) in [5.74, 6) is -2.85. The van der Waals surface area contributed by atoms with Crippen LogP contribution in [0.3, 0.4) is 0 Å². The van der Waals surface area contributed by atoms with Gasteiger partial charge in [-0.05, 0) is 20.8 Å². The summed E-state index contributed by atoms with van der Waals surface area (Å²) in [7, 11) is 0. The Morgan fingerprint density at radius 1 is 1.29 bits per heavy atom. The first-order valence-electron chi connectivity index (χ1n) is 4.74. The summed E-state index contributed by atoms with van der Waals surface area (Å²) >= 11 is 0. The highest BCUT2D eigenvalue weighted by Gasteiger charge is 2.33. The van der Waals surface area contributed by atoms with Gasteiger partial charge in [-0.15, -0.1) is 0 Å². The third-order valence-electron chi connectivity index (χ3n) is 1.55. The Bertz CT molecular complexity index is 322. The van der Waals surface area contributed by atoms with Crippen LogP contribution in [0, 0.1) is 0 Å². The number of aliphatic hydroxyl groups is 1. The van der Waals surface area contributed by atoms with E-state index in [2.05, 4.69) is 0 Å². The van der Waals surface area contributed by atoms with Gasteiger partial charge in [0.1, 0.15) is 5.60 Å². The van der Waals surface area contributed by atoms with Gasteiger partial charge in [0.05, 0.1) is 0 Å². The van der Waals surface area contributed by atoms with E-state index in [1.807, 2.05) is 5.32 Å². The Morgan fingerprint density at radius 2 is 1.76 bits per heavy atom. The molecule has 0 aliphatic heterocycles. The number of nitrogens with one attached hydrogen (secondary N) is 1. The first-order valence-corrected chi connectivity index (χ1v) is 4.74. The molecule has 0 spiro atoms. The van der Waals surface area contributed by atoms with Crippen molar-refractivity contribution in [3.63, 3.8) is 0 Å². The van der Waals surface area contributed by atoms with Crippen molar-refractivity contribution in [1.82, 2.24) is 5.32 Å². The van der Waals surface area contributed by atoms with Crippen LogP contribution in [0.1, 0.15) is 20.8 Å². The van der Waals surface area contributed by atoms with Gasteiger partial charge >= 0.3 is 12.1 Å². The van der Waals surface area contributed by atoms with Gasteiger partial charge in [0.15, 0.2) is 12.1 Å². The topological polar surface area (TPSA) is 139 Å². The molecule has 2 atom stereocenters. The smallest absolute Gasteiger partial charge is 0.408 e. The van der Waals surface area contributed by atoms with Crippen LogP contribution in [-0.2, 0) is 14.3 Å². The zero-order chi connectivity index (χ0) is 13.8. The predicted molar refractivity (Wildman–Crippen MR) is 56.0 cm³/mol. The van der Waals surface area contributed by atoms with Crippen LogP contribution < -0.4 is 11.1 Å². The lowest BCUT2D eigenvalue weighted by molar-refractivity contribution is -0.146. The van der Waals surface area contributed by atoms with Crippen LogP contribution in [0.25, 0.3) is 0 Å². The van der Waals surface area contributed by atoms with Gasteiger partial charge in [-0.1, -0.05) is 0 Å². The minimum absolute atomic E-state index is 0.829. The van der Waals surface area contributed by atoms with E-state index in [1.54, 1.807) is 20.8 Å². The quantitative estimate of drug-likeness (QED) is 0.493. The Morgan fingerprint density at radius 3 is 2.06 bits per heavy atom. The molecule has 0 aromatic rings. The molecule has 0 aliphatic carbocycles. The first kappa shape index (κ1) is 15.2. The Hall–Kier alpha value is -1.83. The third kappa shape index (κ3) is 5.71. The van der Waals surface area contributed by atoms with Crippen molar-refractivity contribution in [2.75, 3.05) is 0 Å². The molecular weight excluding hydrogens is 232 g/mol. The molecule has 0 aliphatic rings. The number of carboxylic acid groups (broad SMARTS) is 1. The number of aliphatic carboxylic acids is 1. The van der Waals surface area contributed by atoms with Crippen molar-refractivity contribution in [3.8, 4) is 0 Å². The summed E-state index contributed by atoms with van der Waals surface area (Å²) in [5.41, 5.74) is 3.90. The molecule has 0 radical (unpaired) electrons. The second-order valence-electron chi connectivity index (χ2n) is 4.31. The molecule has 0 fully saturated rings. The minimum atomic E-state index is -2.03.